The second-order valence-electron chi connectivity index (χ2n) is 7.03. The molecule has 2 aliphatic heterocycles. The fourth-order valence-corrected chi connectivity index (χ4v) is 3.35. The second kappa shape index (κ2) is 7.36. The lowest BCUT2D eigenvalue weighted by molar-refractivity contribution is 0.0846. The van der Waals surface area contributed by atoms with Crippen LogP contribution in [0.1, 0.15) is 81.5 Å². The van der Waals surface area contributed by atoms with Gasteiger partial charge in [-0.3, -0.25) is 19.6 Å². The number of hydrogen-bond donors (Lipinski definition) is 1. The van der Waals surface area contributed by atoms with Gasteiger partial charge < -0.3 is 4.98 Å². The van der Waals surface area contributed by atoms with Crippen LogP contribution in [0.15, 0.2) is 4.99 Å². The Morgan fingerprint density at radius 1 is 1.17 bits per heavy atom. The highest BCUT2D eigenvalue weighted by molar-refractivity contribution is 6.17. The molecule has 0 fully saturated rings. The average Bonchev–Trinajstić information content (AvgIpc) is 3.21. The van der Waals surface area contributed by atoms with Crippen LogP contribution >= 0.6 is 0 Å². The maximum atomic E-state index is 12.7. The lowest BCUT2D eigenvalue weighted by Crippen LogP contribution is -2.50. The van der Waals surface area contributed by atoms with E-state index in [1.807, 2.05) is 0 Å². The topological polar surface area (TPSA) is 64.6 Å². The van der Waals surface area contributed by atoms with Crippen LogP contribution in [0.2, 0.25) is 0 Å². The monoisotopic (exact) mass is 331 g/mol. The van der Waals surface area contributed by atoms with Crippen molar-refractivity contribution in [3.63, 3.8) is 0 Å². The number of nitrogens with one attached hydrogen (secondary N) is 1. The molecule has 132 valence electrons. The number of H-pyrrole nitrogens is 1. The number of aromatic nitrogens is 2. The van der Waals surface area contributed by atoms with Gasteiger partial charge in [-0.05, 0) is 6.42 Å². The summed E-state index contributed by atoms with van der Waals surface area (Å²) in [5.41, 5.74) is 0.561. The van der Waals surface area contributed by atoms with Gasteiger partial charge in [-0.15, -0.1) is 0 Å². The summed E-state index contributed by atoms with van der Waals surface area (Å²) in [4.78, 5) is 29.1. The van der Waals surface area contributed by atoms with Gasteiger partial charge in [0.15, 0.2) is 5.69 Å². The van der Waals surface area contributed by atoms with Gasteiger partial charge in [-0.2, -0.15) is 0 Å². The number of hydrogen-bond acceptors (Lipinski definition) is 4. The number of anilines is 1. The maximum Gasteiger partial charge on any atom is 0.283 e. The number of rotatable bonds is 8. The van der Waals surface area contributed by atoms with E-state index in [4.69, 9.17) is 0 Å². The molecule has 2 aliphatic rings. The van der Waals surface area contributed by atoms with Gasteiger partial charge in [0.2, 0.25) is 5.96 Å². The molecule has 0 radical (unpaired) electrons. The Kier molecular flexibility index (Phi) is 5.21. The van der Waals surface area contributed by atoms with E-state index < -0.39 is 0 Å². The number of guanidine groups is 1. The molecule has 1 amide bonds. The Morgan fingerprint density at radius 3 is 2.67 bits per heavy atom. The van der Waals surface area contributed by atoms with Crippen LogP contribution in [-0.2, 0) is 0 Å². The lowest BCUT2D eigenvalue weighted by Gasteiger charge is -2.33. The molecule has 0 spiro atoms. The minimum atomic E-state index is -0.0106. The quantitative estimate of drug-likeness (QED) is 0.741. The number of aromatic amines is 1. The smallest absolute Gasteiger partial charge is 0.283 e. The normalized spacial score (nSPS) is 16.7. The zero-order chi connectivity index (χ0) is 17.1. The van der Waals surface area contributed by atoms with Crippen LogP contribution in [0.3, 0.4) is 0 Å². The molecule has 0 aromatic carbocycles. The average molecular weight is 331 g/mol. The van der Waals surface area contributed by atoms with E-state index in [2.05, 4.69) is 40.6 Å². The fraction of sp³-hybridized carbons (Fsp3) is 0.722. The van der Waals surface area contributed by atoms with Crippen LogP contribution in [0.5, 0.6) is 0 Å². The highest BCUT2D eigenvalue weighted by Gasteiger charge is 2.39. The first-order chi connectivity index (χ1) is 11.6. The van der Waals surface area contributed by atoms with E-state index in [1.54, 1.807) is 4.90 Å². The fourth-order valence-electron chi connectivity index (χ4n) is 3.35. The molecule has 1 aromatic heterocycles. The Hall–Kier alpha value is -1.85. The molecule has 0 aliphatic carbocycles. The standard InChI is InChI=1S/C18H29N5O/c1-4-5-6-7-8-9-11-22-16-14(20-15(21-16)13(2)3)17(24)23-12-10-19-18(22)23/h13H,4-12H2,1-3H3,(H,20,21). The minimum absolute atomic E-state index is 0.0106. The predicted molar refractivity (Wildman–Crippen MR) is 96.7 cm³/mol. The lowest BCUT2D eigenvalue weighted by atomic mass is 10.1. The van der Waals surface area contributed by atoms with Gasteiger partial charge in [0.1, 0.15) is 11.6 Å². The second-order valence-corrected chi connectivity index (χ2v) is 7.03. The van der Waals surface area contributed by atoms with Gasteiger partial charge in [0.25, 0.3) is 5.91 Å². The van der Waals surface area contributed by atoms with Gasteiger partial charge in [0, 0.05) is 19.0 Å². The summed E-state index contributed by atoms with van der Waals surface area (Å²) in [6, 6.07) is 0. The van der Waals surface area contributed by atoms with Crippen LogP contribution in [0, 0.1) is 0 Å². The first-order valence-electron chi connectivity index (χ1n) is 9.37. The van der Waals surface area contributed by atoms with Crippen molar-refractivity contribution in [1.29, 1.82) is 0 Å². The third kappa shape index (κ3) is 3.19. The Labute approximate surface area is 144 Å². The van der Waals surface area contributed by atoms with Crippen molar-refractivity contribution < 1.29 is 4.79 Å². The summed E-state index contributed by atoms with van der Waals surface area (Å²) >= 11 is 0. The van der Waals surface area contributed by atoms with Crippen LogP contribution in [-0.4, -0.2) is 46.4 Å². The minimum Gasteiger partial charge on any atom is -0.328 e. The zero-order valence-electron chi connectivity index (χ0n) is 15.1. The third-order valence-electron chi connectivity index (χ3n) is 4.76. The summed E-state index contributed by atoms with van der Waals surface area (Å²) < 4.78 is 0. The van der Waals surface area contributed by atoms with E-state index in [0.29, 0.717) is 18.8 Å². The van der Waals surface area contributed by atoms with Gasteiger partial charge in [-0.25, -0.2) is 4.98 Å². The Bertz CT molecular complexity index is 619. The molecule has 3 heterocycles. The van der Waals surface area contributed by atoms with E-state index >= 15 is 0 Å². The number of amides is 1. The molecule has 0 unspecified atom stereocenters. The molecular weight excluding hydrogens is 302 g/mol. The molecule has 1 N–H and O–H groups in total. The first-order valence-corrected chi connectivity index (χ1v) is 9.37. The van der Waals surface area contributed by atoms with E-state index in [-0.39, 0.29) is 11.8 Å². The van der Waals surface area contributed by atoms with Crippen molar-refractivity contribution in [3.8, 4) is 0 Å². The van der Waals surface area contributed by atoms with Gasteiger partial charge in [-0.1, -0.05) is 52.9 Å². The van der Waals surface area contributed by atoms with Crippen molar-refractivity contribution >= 4 is 17.7 Å². The molecule has 0 saturated carbocycles. The van der Waals surface area contributed by atoms with Crippen LogP contribution < -0.4 is 4.90 Å². The number of unbranched alkanes of at least 4 members (excludes halogenated alkanes) is 5. The summed E-state index contributed by atoms with van der Waals surface area (Å²) in [5, 5.41) is 0. The molecule has 0 saturated heterocycles. The van der Waals surface area contributed by atoms with Crippen molar-refractivity contribution in [2.45, 2.75) is 65.2 Å². The highest BCUT2D eigenvalue weighted by atomic mass is 16.2. The van der Waals surface area contributed by atoms with E-state index in [0.717, 1.165) is 30.6 Å². The summed E-state index contributed by atoms with van der Waals surface area (Å²) in [5.74, 6) is 2.79. The van der Waals surface area contributed by atoms with E-state index in [9.17, 15) is 4.79 Å². The van der Waals surface area contributed by atoms with Crippen LogP contribution in [0.25, 0.3) is 0 Å². The van der Waals surface area contributed by atoms with Crippen molar-refractivity contribution in [3.05, 3.63) is 11.5 Å². The predicted octanol–water partition coefficient (Wildman–Crippen LogP) is 3.53. The van der Waals surface area contributed by atoms with Gasteiger partial charge >= 0.3 is 0 Å². The molecule has 24 heavy (non-hydrogen) atoms. The Morgan fingerprint density at radius 2 is 1.92 bits per heavy atom. The van der Waals surface area contributed by atoms with Crippen molar-refractivity contribution in [2.24, 2.45) is 4.99 Å². The molecular formula is C18H29N5O. The van der Waals surface area contributed by atoms with E-state index in [1.165, 1.54) is 32.1 Å². The number of aliphatic imine (C=N–C) groups is 1. The molecule has 6 heteroatoms. The van der Waals surface area contributed by atoms with Crippen LogP contribution in [0.4, 0.5) is 5.82 Å². The molecule has 0 atom stereocenters. The summed E-state index contributed by atoms with van der Waals surface area (Å²) in [6.07, 6.45) is 7.52. The number of carbonyl (C=O) groups excluding carboxylic acids is 1. The van der Waals surface area contributed by atoms with Gasteiger partial charge in [0.05, 0.1) is 6.54 Å². The number of imidazole rings is 1. The van der Waals surface area contributed by atoms with Crippen molar-refractivity contribution in [1.82, 2.24) is 14.9 Å². The molecule has 0 bridgehead atoms. The highest BCUT2D eigenvalue weighted by Crippen LogP contribution is 2.30. The summed E-state index contributed by atoms with van der Waals surface area (Å²) in [6.45, 7) is 8.67. The molecule has 1 aromatic rings. The van der Waals surface area contributed by atoms with Crippen molar-refractivity contribution in [2.75, 3.05) is 24.5 Å². The number of fused-ring (bicyclic) bond motifs is 2. The molecule has 6 nitrogen and oxygen atoms in total. The summed E-state index contributed by atoms with van der Waals surface area (Å²) in [7, 11) is 0. The third-order valence-corrected chi connectivity index (χ3v) is 4.76. The number of nitrogens with zero attached hydrogens (tertiary/aromatic N) is 4. The molecule has 3 rings (SSSR count). The Balaban J connectivity index is 1.74. The SMILES string of the molecule is CCCCCCCCN1C2=NCCN2C(=O)c2nc(C(C)C)[nH]c21. The maximum absolute atomic E-state index is 12.7. The largest absolute Gasteiger partial charge is 0.328 e. The first kappa shape index (κ1) is 17.0. The number of carbonyl (C=O) groups is 1. The zero-order valence-corrected chi connectivity index (χ0v) is 15.1.